The lowest BCUT2D eigenvalue weighted by Gasteiger charge is -2.18. The van der Waals surface area contributed by atoms with Gasteiger partial charge < -0.3 is 28.8 Å². The molecule has 0 radical (unpaired) electrons. The van der Waals surface area contributed by atoms with Gasteiger partial charge in [-0.2, -0.15) is 18.4 Å². The summed E-state index contributed by atoms with van der Waals surface area (Å²) in [5.74, 6) is -3.59. The summed E-state index contributed by atoms with van der Waals surface area (Å²) in [4.78, 5) is 76.5. The van der Waals surface area contributed by atoms with Crippen LogP contribution in [-0.4, -0.2) is 116 Å². The molecule has 2 aromatic carbocycles. The lowest BCUT2D eigenvalue weighted by atomic mass is 9.93. The van der Waals surface area contributed by atoms with Gasteiger partial charge >= 0.3 is 18.0 Å². The number of sulfone groups is 1. The Morgan fingerprint density at radius 1 is 0.816 bits per heavy atom. The zero-order chi connectivity index (χ0) is 55.3. The Kier molecular flexibility index (Phi) is 19.5. The summed E-state index contributed by atoms with van der Waals surface area (Å²) in [6.45, 7) is 2.89. The molecule has 5 heterocycles. The number of urea groups is 1. The predicted octanol–water partition coefficient (Wildman–Crippen LogP) is 7.13. The van der Waals surface area contributed by atoms with E-state index in [1.165, 1.54) is 51.6 Å². The second-order valence-corrected chi connectivity index (χ2v) is 20.7. The second-order valence-electron chi connectivity index (χ2n) is 16.1. The lowest BCUT2D eigenvalue weighted by Crippen LogP contribution is -2.36. The smallest absolute Gasteiger partial charge is 0.344 e. The van der Waals surface area contributed by atoms with Crippen molar-refractivity contribution in [2.75, 3.05) is 50.0 Å². The lowest BCUT2D eigenvalue weighted by molar-refractivity contribution is -0.146. The molecule has 4 aromatic heterocycles. The number of imidazole rings is 1. The third-order valence-corrected chi connectivity index (χ3v) is 14.7. The van der Waals surface area contributed by atoms with E-state index in [4.69, 9.17) is 52.0 Å². The van der Waals surface area contributed by atoms with E-state index in [2.05, 4.69) is 25.3 Å². The number of carboxylic acid groups (broad SMARTS) is 1. The summed E-state index contributed by atoms with van der Waals surface area (Å²) in [6.07, 6.45) is 8.32. The molecule has 76 heavy (non-hydrogen) atoms. The van der Waals surface area contributed by atoms with Crippen molar-refractivity contribution >= 4 is 101 Å². The summed E-state index contributed by atoms with van der Waals surface area (Å²) in [6, 6.07) is 13.6. The number of nitrogens with one attached hydrogen (secondary N) is 2. The highest BCUT2D eigenvalue weighted by Crippen LogP contribution is 2.40. The molecule has 3 N–H and O–H groups in total. The number of rotatable bonds is 18. The summed E-state index contributed by atoms with van der Waals surface area (Å²) in [5.41, 5.74) is 1.32. The number of ether oxygens (including phenoxy) is 5. The van der Waals surface area contributed by atoms with Crippen LogP contribution in [0.1, 0.15) is 58.8 Å². The van der Waals surface area contributed by atoms with Crippen LogP contribution >= 0.6 is 23.2 Å². The number of hydrogen-bond donors (Lipinski definition) is 3. The molecule has 8 rings (SSSR count). The number of nitrogens with zero attached hydrogens (tertiary/aromatic N) is 6. The minimum atomic E-state index is -4.68. The predicted molar refractivity (Wildman–Crippen MR) is 273 cm³/mol. The van der Waals surface area contributed by atoms with E-state index >= 15 is 0 Å². The molecule has 0 fully saturated rings. The fraction of sp³-hybridized carbons (Fsp3) is 0.312. The quantitative estimate of drug-likeness (QED) is 0.0438. The number of halogens is 3. The number of carbonyl (C=O) groups is 5. The third kappa shape index (κ3) is 14.0. The fourth-order valence-corrected chi connectivity index (χ4v) is 10.4. The van der Waals surface area contributed by atoms with Crippen LogP contribution in [0.3, 0.4) is 0 Å². The zero-order valence-corrected chi connectivity index (χ0v) is 44.1. The van der Waals surface area contributed by atoms with Gasteiger partial charge in [-0.05, 0) is 74.6 Å². The maximum absolute atomic E-state index is 14.5. The third-order valence-electron chi connectivity index (χ3n) is 11.0. The number of amides is 4. The summed E-state index contributed by atoms with van der Waals surface area (Å²) >= 11 is 12.0. The molecule has 28 heteroatoms. The van der Waals surface area contributed by atoms with Gasteiger partial charge in [-0.15, -0.1) is 0 Å². The van der Waals surface area contributed by atoms with E-state index < -0.39 is 78.7 Å². The van der Waals surface area contributed by atoms with Crippen molar-refractivity contribution in [1.82, 2.24) is 29.1 Å². The number of carboxylic acids is 1. The molecular weight excluding hydrogens is 1080 g/mol. The van der Waals surface area contributed by atoms with Gasteiger partial charge in [0.25, 0.3) is 21.8 Å². The van der Waals surface area contributed by atoms with Crippen molar-refractivity contribution in [1.29, 1.82) is 0 Å². The van der Waals surface area contributed by atoms with Crippen LogP contribution in [0, 0.1) is 5.82 Å². The van der Waals surface area contributed by atoms with Crippen LogP contribution in [0.2, 0.25) is 10.0 Å². The first-order valence-corrected chi connectivity index (χ1v) is 26.9. The van der Waals surface area contributed by atoms with Gasteiger partial charge in [-0.25, -0.2) is 41.8 Å². The maximum Gasteiger partial charge on any atom is 0.344 e. The summed E-state index contributed by atoms with van der Waals surface area (Å²) < 4.78 is 93.6. The van der Waals surface area contributed by atoms with E-state index in [1.54, 1.807) is 41.3 Å². The van der Waals surface area contributed by atoms with E-state index in [1.807, 2.05) is 6.92 Å². The van der Waals surface area contributed by atoms with E-state index in [9.17, 15) is 45.2 Å². The van der Waals surface area contributed by atoms with Gasteiger partial charge in [0.15, 0.2) is 33.1 Å². The van der Waals surface area contributed by atoms with Crippen LogP contribution < -0.4 is 33.9 Å². The molecule has 404 valence electrons. The number of hydrogen-bond acceptors (Lipinski definition) is 18. The number of imide groups is 1. The molecule has 1 aliphatic heterocycles. The van der Waals surface area contributed by atoms with Crippen LogP contribution in [-0.2, 0) is 43.8 Å². The number of unbranched alkanes of at least 4 members (excludes halogenated alkanes) is 2. The van der Waals surface area contributed by atoms with Gasteiger partial charge in [0.2, 0.25) is 17.7 Å². The monoisotopic (exact) mass is 1130 g/mol. The number of pyridine rings is 2. The number of fused-ring (bicyclic) bond motifs is 2. The highest BCUT2D eigenvalue weighted by molar-refractivity contribution is 7.93. The minimum absolute atomic E-state index is 0.000883. The zero-order valence-electron chi connectivity index (χ0n) is 41.0. The van der Waals surface area contributed by atoms with Crippen molar-refractivity contribution in [3.8, 4) is 23.3 Å². The van der Waals surface area contributed by atoms with Crippen molar-refractivity contribution in [2.45, 2.75) is 68.8 Å². The largest absolute Gasteiger partial charge is 0.481 e. The summed E-state index contributed by atoms with van der Waals surface area (Å²) in [5, 5.41) is 10.5. The number of esters is 1. The fourth-order valence-electron chi connectivity index (χ4n) is 7.34. The number of anilines is 2. The number of carbonyl (C=O) groups excluding carboxylic acids is 4. The van der Waals surface area contributed by atoms with Gasteiger partial charge in [0.05, 0.1) is 48.4 Å². The van der Waals surface area contributed by atoms with Crippen molar-refractivity contribution < 1.29 is 74.0 Å². The Balaban J connectivity index is 0.000000194. The molecule has 23 nitrogen and oxygen atoms in total. The Bertz CT molecular complexity index is 3400. The Labute approximate surface area is 444 Å². The molecule has 0 atom stereocenters. The van der Waals surface area contributed by atoms with Crippen molar-refractivity contribution in [2.24, 2.45) is 0 Å². The number of methoxy groups -OCH3 is 2. The normalized spacial score (nSPS) is 13.2. The number of benzene rings is 2. The standard InChI is InChI=1S/C21H23ClFNO5.C16H18N6O7S2.C11H8ClNO3/c1-2-3-6-9-28-19(25)12-29-18-11-17(16(23)10-15(18)22)24-20(26)13-7-4-5-8-14(13)21(24)27;1-4-30(24,25)13-14(22-8-6-5-7-10(22)17-13)31(26,27)21-16(23)20-15-18-11(28-2)9-12(19-15)29-3;12-8-3-4-9(16-6-10(14)15)11-7(8)2-1-5-13-11/h10-11H,2-9,12H2,1H3;5-9H,4H2,1-3H3,(H2,18,19,20,21,23);1-5H,6H2,(H,14,15). The van der Waals surface area contributed by atoms with E-state index in [0.717, 1.165) is 52.9 Å². The molecule has 6 aromatic rings. The summed E-state index contributed by atoms with van der Waals surface area (Å²) in [7, 11) is -6.04. The molecule has 0 spiro atoms. The number of aliphatic carboxylic acids is 1. The molecule has 0 unspecified atom stereocenters. The molecule has 4 amide bonds. The molecule has 0 bridgehead atoms. The van der Waals surface area contributed by atoms with Gasteiger partial charge in [-0.3, -0.25) is 24.3 Å². The van der Waals surface area contributed by atoms with Gasteiger partial charge in [0, 0.05) is 35.0 Å². The van der Waals surface area contributed by atoms with Crippen LogP contribution in [0.5, 0.6) is 23.3 Å². The van der Waals surface area contributed by atoms with Crippen LogP contribution in [0.15, 0.2) is 94.3 Å². The number of sulfonamides is 1. The highest BCUT2D eigenvalue weighted by atomic mass is 35.5. The van der Waals surface area contributed by atoms with Crippen molar-refractivity contribution in [3.05, 3.63) is 100 Å². The second kappa shape index (κ2) is 25.7. The van der Waals surface area contributed by atoms with E-state index in [0.29, 0.717) is 46.9 Å². The van der Waals surface area contributed by atoms with Crippen LogP contribution in [0.4, 0.5) is 20.8 Å². The van der Waals surface area contributed by atoms with Gasteiger partial charge in [0.1, 0.15) is 28.5 Å². The average molecular weight is 1130 g/mol. The first-order chi connectivity index (χ1) is 36.2. The number of aromatic nitrogens is 5. The van der Waals surface area contributed by atoms with E-state index in [-0.39, 0.29) is 45.6 Å². The first kappa shape index (κ1) is 57.6. The average Bonchev–Trinajstić information content (AvgIpc) is 3.94. The first-order valence-electron chi connectivity index (χ1n) is 23.0. The topological polar surface area (TPSA) is 303 Å². The molecule has 0 saturated heterocycles. The highest BCUT2D eigenvalue weighted by Gasteiger charge is 2.41. The molecular formula is C48H49Cl2FN8O15S2. The molecule has 2 aliphatic rings. The van der Waals surface area contributed by atoms with Crippen molar-refractivity contribution in [3.63, 3.8) is 0 Å². The SMILES string of the molecule is CCCCCOC(=O)COc1cc(N2C(=O)C3=C(CCCC3)C2=O)c(F)cc1Cl.CCS(=O)(=O)c1nc2ccccn2c1S(=O)(=O)NC(=O)Nc1nc(OC)cc(OC)n1.O=C(O)COc1ccc(Cl)c2cccnc12. The van der Waals surface area contributed by atoms with Crippen LogP contribution in [0.25, 0.3) is 16.6 Å². The Hall–Kier alpha value is -7.68. The maximum atomic E-state index is 14.5. The Morgan fingerprint density at radius 3 is 2.12 bits per heavy atom. The van der Waals surface area contributed by atoms with Gasteiger partial charge in [-0.1, -0.05) is 56.0 Å². The Morgan fingerprint density at radius 2 is 1.49 bits per heavy atom. The molecule has 1 aliphatic carbocycles. The molecule has 0 saturated carbocycles. The minimum Gasteiger partial charge on any atom is -0.481 e.